The zero-order chi connectivity index (χ0) is 22.2. The molecule has 1 aliphatic heterocycles. The molecule has 1 aromatic heterocycles. The van der Waals surface area contributed by atoms with Crippen molar-refractivity contribution < 1.29 is 23.5 Å². The highest BCUT2D eigenvalue weighted by Gasteiger charge is 2.48. The molecular weight excluding hydrogens is 415 g/mol. The number of aryl methyl sites for hydroxylation is 1. The molecule has 1 saturated heterocycles. The molecule has 7 nitrogen and oxygen atoms in total. The Morgan fingerprint density at radius 2 is 2.06 bits per heavy atom. The molecule has 2 N–H and O–H groups in total. The summed E-state index contributed by atoms with van der Waals surface area (Å²) in [7, 11) is -2.01. The number of rotatable bonds is 6. The smallest absolute Gasteiger partial charge is 0.340 e. The van der Waals surface area contributed by atoms with Crippen LogP contribution in [0.1, 0.15) is 30.6 Å². The monoisotopic (exact) mass is 442 g/mol. The third kappa shape index (κ3) is 4.40. The first kappa shape index (κ1) is 21.6. The number of methoxy groups -OCH3 is 1. The fourth-order valence-corrected chi connectivity index (χ4v) is 6.13. The van der Waals surface area contributed by atoms with Crippen LogP contribution in [0, 0.1) is 6.92 Å². The number of para-hydroxylation sites is 1. The highest BCUT2D eigenvalue weighted by molar-refractivity contribution is 7.54. The largest absolute Gasteiger partial charge is 0.504 e. The van der Waals surface area contributed by atoms with Crippen molar-refractivity contribution in [3.05, 3.63) is 59.8 Å². The molecule has 0 bridgehead atoms. The van der Waals surface area contributed by atoms with Gasteiger partial charge >= 0.3 is 7.60 Å². The number of phenols is 1. The van der Waals surface area contributed by atoms with Crippen molar-refractivity contribution in [2.75, 3.05) is 25.6 Å². The normalized spacial score (nSPS) is 21.2. The number of nitrogens with one attached hydrogen (secondary N) is 1. The summed E-state index contributed by atoms with van der Waals surface area (Å²) in [6.07, 6.45) is 1.75. The van der Waals surface area contributed by atoms with Gasteiger partial charge in [-0.2, -0.15) is 0 Å². The van der Waals surface area contributed by atoms with E-state index in [2.05, 4.69) is 10.3 Å². The predicted octanol–water partition coefficient (Wildman–Crippen LogP) is 5.43. The van der Waals surface area contributed by atoms with E-state index in [1.807, 2.05) is 44.2 Å². The number of pyridine rings is 1. The van der Waals surface area contributed by atoms with Crippen molar-refractivity contribution in [1.29, 1.82) is 0 Å². The number of nitrogens with zero attached hydrogens (tertiary/aromatic N) is 1. The van der Waals surface area contributed by atoms with Gasteiger partial charge in [-0.05, 0) is 50.1 Å². The Balaban J connectivity index is 1.69. The van der Waals surface area contributed by atoms with Crippen LogP contribution in [0.25, 0.3) is 10.9 Å². The van der Waals surface area contributed by atoms with E-state index in [1.54, 1.807) is 25.3 Å². The first-order valence-corrected chi connectivity index (χ1v) is 11.7. The van der Waals surface area contributed by atoms with Gasteiger partial charge in [0.15, 0.2) is 11.5 Å². The Morgan fingerprint density at radius 3 is 2.77 bits per heavy atom. The minimum absolute atomic E-state index is 0.0589. The standard InChI is InChI=1S/C23H27N2O5P/c1-15-9-17(11-20(28-4)22(15)26)21(31(27)29-14-23(2,3)30-31)13-24-18-10-16-7-5-6-8-19(16)25-12-18/h5-12,21,24,26H,13-14H2,1-4H3. The molecule has 2 aromatic carbocycles. The van der Waals surface area contributed by atoms with Crippen molar-refractivity contribution in [3.63, 3.8) is 0 Å². The lowest BCUT2D eigenvalue weighted by Gasteiger charge is -2.26. The lowest BCUT2D eigenvalue weighted by atomic mass is 10.1. The molecule has 0 radical (unpaired) electrons. The highest BCUT2D eigenvalue weighted by atomic mass is 31.2. The molecule has 31 heavy (non-hydrogen) atoms. The van der Waals surface area contributed by atoms with E-state index in [-0.39, 0.29) is 12.4 Å². The maximum Gasteiger partial charge on any atom is 0.340 e. The SMILES string of the molecule is COc1cc(C(CNc2cnc3ccccc3c2)P2(=O)OCC(C)(C)O2)cc(C)c1O. The van der Waals surface area contributed by atoms with E-state index < -0.39 is 18.9 Å². The molecule has 4 rings (SSSR count). The summed E-state index contributed by atoms with van der Waals surface area (Å²) < 4.78 is 30.7. The van der Waals surface area contributed by atoms with Crippen LogP contribution in [0.4, 0.5) is 5.69 Å². The van der Waals surface area contributed by atoms with Gasteiger partial charge in [0.25, 0.3) is 0 Å². The molecule has 2 unspecified atom stereocenters. The molecule has 1 fully saturated rings. The fourth-order valence-electron chi connectivity index (χ4n) is 3.71. The van der Waals surface area contributed by atoms with Gasteiger partial charge in [0.1, 0.15) is 5.66 Å². The van der Waals surface area contributed by atoms with E-state index in [4.69, 9.17) is 13.8 Å². The number of ether oxygens (including phenoxy) is 1. The van der Waals surface area contributed by atoms with E-state index in [9.17, 15) is 9.67 Å². The quantitative estimate of drug-likeness (QED) is 0.492. The lowest BCUT2D eigenvalue weighted by Crippen LogP contribution is -2.21. The third-order valence-corrected chi connectivity index (χ3v) is 7.81. The van der Waals surface area contributed by atoms with E-state index >= 15 is 0 Å². The van der Waals surface area contributed by atoms with Crippen molar-refractivity contribution in [2.24, 2.45) is 0 Å². The van der Waals surface area contributed by atoms with Gasteiger partial charge < -0.3 is 19.7 Å². The van der Waals surface area contributed by atoms with Crippen molar-refractivity contribution in [3.8, 4) is 11.5 Å². The highest BCUT2D eigenvalue weighted by Crippen LogP contribution is 2.67. The van der Waals surface area contributed by atoms with Gasteiger partial charge in [-0.3, -0.25) is 14.1 Å². The van der Waals surface area contributed by atoms with Crippen LogP contribution in [0.2, 0.25) is 0 Å². The molecule has 8 heteroatoms. The van der Waals surface area contributed by atoms with Crippen molar-refractivity contribution in [2.45, 2.75) is 32.0 Å². The van der Waals surface area contributed by atoms with Crippen LogP contribution in [-0.4, -0.2) is 36.0 Å². The average Bonchev–Trinajstić information content (AvgIpc) is 3.03. The summed E-state index contributed by atoms with van der Waals surface area (Å²) in [6, 6.07) is 13.3. The summed E-state index contributed by atoms with van der Waals surface area (Å²) in [6.45, 7) is 6.02. The van der Waals surface area contributed by atoms with Crippen LogP contribution in [0.3, 0.4) is 0 Å². The van der Waals surface area contributed by atoms with Crippen LogP contribution in [0.5, 0.6) is 11.5 Å². The summed E-state index contributed by atoms with van der Waals surface area (Å²) in [5.74, 6) is 0.376. The summed E-state index contributed by atoms with van der Waals surface area (Å²) >= 11 is 0. The molecule has 1 aliphatic rings. The van der Waals surface area contributed by atoms with Gasteiger partial charge in [-0.25, -0.2) is 0 Å². The predicted molar refractivity (Wildman–Crippen MR) is 121 cm³/mol. The maximum atomic E-state index is 13.8. The molecule has 3 aromatic rings. The Hall–Kier alpha value is -2.60. The second-order valence-electron chi connectivity index (χ2n) is 8.37. The van der Waals surface area contributed by atoms with Crippen LogP contribution in [0.15, 0.2) is 48.7 Å². The number of aromatic nitrogens is 1. The molecule has 2 heterocycles. The average molecular weight is 442 g/mol. The fraction of sp³-hybridized carbons (Fsp3) is 0.348. The number of benzene rings is 2. The summed E-state index contributed by atoms with van der Waals surface area (Å²) in [5, 5.41) is 14.6. The number of hydrogen-bond acceptors (Lipinski definition) is 7. The number of aromatic hydroxyl groups is 1. The van der Waals surface area contributed by atoms with Crippen molar-refractivity contribution in [1.82, 2.24) is 4.98 Å². The first-order chi connectivity index (χ1) is 14.7. The van der Waals surface area contributed by atoms with Crippen LogP contribution >= 0.6 is 7.60 Å². The van der Waals surface area contributed by atoms with Gasteiger partial charge in [-0.1, -0.05) is 24.3 Å². The molecule has 0 saturated carbocycles. The maximum absolute atomic E-state index is 13.8. The Bertz CT molecular complexity index is 1160. The summed E-state index contributed by atoms with van der Waals surface area (Å²) in [5.41, 5.74) is 1.78. The van der Waals surface area contributed by atoms with Gasteiger partial charge in [0.2, 0.25) is 0 Å². The lowest BCUT2D eigenvalue weighted by molar-refractivity contribution is 0.137. The molecule has 0 spiro atoms. The number of phenolic OH excluding ortho intramolecular Hbond substituents is 1. The number of anilines is 1. The summed E-state index contributed by atoms with van der Waals surface area (Å²) in [4.78, 5) is 4.48. The van der Waals surface area contributed by atoms with Crippen molar-refractivity contribution >= 4 is 24.2 Å². The van der Waals surface area contributed by atoms with Gasteiger partial charge in [0, 0.05) is 11.9 Å². The van der Waals surface area contributed by atoms with E-state index in [0.29, 0.717) is 23.4 Å². The van der Waals surface area contributed by atoms with Crippen LogP contribution in [-0.2, 0) is 13.6 Å². The first-order valence-electron chi connectivity index (χ1n) is 10.1. The molecule has 0 aliphatic carbocycles. The topological polar surface area (TPSA) is 89.9 Å². The Kier molecular flexibility index (Phi) is 5.69. The molecule has 0 amide bonds. The zero-order valence-corrected chi connectivity index (χ0v) is 19.0. The second kappa shape index (κ2) is 8.15. The molecular formula is C23H27N2O5P. The van der Waals surface area contributed by atoms with Gasteiger partial charge in [-0.15, -0.1) is 0 Å². The minimum Gasteiger partial charge on any atom is -0.504 e. The van der Waals surface area contributed by atoms with E-state index in [1.165, 1.54) is 7.11 Å². The zero-order valence-electron chi connectivity index (χ0n) is 18.1. The minimum atomic E-state index is -3.49. The van der Waals surface area contributed by atoms with Crippen LogP contribution < -0.4 is 10.1 Å². The molecule has 2 atom stereocenters. The Labute approximate surface area is 181 Å². The number of hydrogen-bond donors (Lipinski definition) is 2. The Morgan fingerprint density at radius 1 is 1.29 bits per heavy atom. The number of fused-ring (bicyclic) bond motifs is 1. The molecule has 164 valence electrons. The second-order valence-corrected chi connectivity index (χ2v) is 10.5. The van der Waals surface area contributed by atoms with Gasteiger partial charge in [0.05, 0.1) is 36.7 Å². The van der Waals surface area contributed by atoms with E-state index in [0.717, 1.165) is 16.6 Å². The third-order valence-electron chi connectivity index (χ3n) is 5.33.